The maximum atomic E-state index is 12.1. The molecule has 1 aromatic carbocycles. The quantitative estimate of drug-likeness (QED) is 0.815. The summed E-state index contributed by atoms with van der Waals surface area (Å²) in [6.07, 6.45) is 1.07. The summed E-state index contributed by atoms with van der Waals surface area (Å²) in [5.41, 5.74) is 6.87. The molecule has 0 bridgehead atoms. The number of nitrogen functional groups attached to an aromatic ring is 1. The van der Waals surface area contributed by atoms with Crippen LogP contribution in [-0.2, 0) is 10.0 Å². The molecule has 0 spiro atoms. The lowest BCUT2D eigenvalue weighted by atomic mass is 10.2. The first-order chi connectivity index (χ1) is 8.95. The summed E-state index contributed by atoms with van der Waals surface area (Å²) in [5.74, 6) is 2.15. The molecule has 2 rings (SSSR count). The standard InChI is InChI=1S/C12H19N3O2S2/c1-14-19(16,17)12-7-9(13)3-4-11(12)15(2)10-5-6-18-8-10/h3-4,7,10,14H,5-6,8,13H2,1-2H3. The molecule has 1 unspecified atom stereocenters. The number of nitrogens with one attached hydrogen (secondary N) is 1. The number of sulfonamides is 1. The third-order valence-corrected chi connectivity index (χ3v) is 5.96. The van der Waals surface area contributed by atoms with E-state index in [2.05, 4.69) is 4.72 Å². The smallest absolute Gasteiger partial charge is 0.242 e. The summed E-state index contributed by atoms with van der Waals surface area (Å²) < 4.78 is 26.5. The number of hydrogen-bond acceptors (Lipinski definition) is 5. The van der Waals surface area contributed by atoms with Gasteiger partial charge in [0.2, 0.25) is 10.0 Å². The van der Waals surface area contributed by atoms with Crippen LogP contribution < -0.4 is 15.4 Å². The van der Waals surface area contributed by atoms with E-state index >= 15 is 0 Å². The van der Waals surface area contributed by atoms with Crippen LogP contribution in [0, 0.1) is 0 Å². The first-order valence-corrected chi connectivity index (χ1v) is 8.73. The Balaban J connectivity index is 2.45. The molecule has 0 amide bonds. The summed E-state index contributed by atoms with van der Waals surface area (Å²) in [4.78, 5) is 2.29. The maximum absolute atomic E-state index is 12.1. The number of thioether (sulfide) groups is 1. The van der Waals surface area contributed by atoms with Crippen LogP contribution in [0.15, 0.2) is 23.1 Å². The summed E-state index contributed by atoms with van der Waals surface area (Å²) >= 11 is 1.90. The van der Waals surface area contributed by atoms with Crippen LogP contribution in [-0.4, -0.2) is 40.1 Å². The second kappa shape index (κ2) is 5.60. The van der Waals surface area contributed by atoms with Gasteiger partial charge in [0.1, 0.15) is 4.90 Å². The Bertz CT molecular complexity index is 554. The molecule has 1 aliphatic heterocycles. The third-order valence-electron chi connectivity index (χ3n) is 3.38. The van der Waals surface area contributed by atoms with Crippen molar-refractivity contribution in [1.82, 2.24) is 4.72 Å². The van der Waals surface area contributed by atoms with Gasteiger partial charge in [-0.2, -0.15) is 11.8 Å². The minimum atomic E-state index is -3.50. The van der Waals surface area contributed by atoms with Crippen molar-refractivity contribution < 1.29 is 8.42 Å². The van der Waals surface area contributed by atoms with E-state index in [1.807, 2.05) is 23.7 Å². The summed E-state index contributed by atoms with van der Waals surface area (Å²) in [6.45, 7) is 0. The number of rotatable bonds is 4. The van der Waals surface area contributed by atoms with Crippen molar-refractivity contribution in [3.8, 4) is 0 Å². The van der Waals surface area contributed by atoms with Gasteiger partial charge in [0, 0.05) is 24.5 Å². The van der Waals surface area contributed by atoms with Crippen LogP contribution in [0.2, 0.25) is 0 Å². The highest BCUT2D eigenvalue weighted by atomic mass is 32.2. The van der Waals surface area contributed by atoms with Crippen molar-refractivity contribution in [1.29, 1.82) is 0 Å². The highest BCUT2D eigenvalue weighted by Gasteiger charge is 2.25. The van der Waals surface area contributed by atoms with E-state index in [1.165, 1.54) is 13.1 Å². The number of nitrogens with two attached hydrogens (primary N) is 1. The van der Waals surface area contributed by atoms with Crippen LogP contribution in [0.1, 0.15) is 6.42 Å². The van der Waals surface area contributed by atoms with Crippen LogP contribution in [0.3, 0.4) is 0 Å². The number of nitrogens with zero attached hydrogens (tertiary/aromatic N) is 1. The normalized spacial score (nSPS) is 19.6. The molecule has 1 heterocycles. The monoisotopic (exact) mass is 301 g/mol. The molecule has 1 aliphatic rings. The Morgan fingerprint density at radius 2 is 2.21 bits per heavy atom. The molecule has 19 heavy (non-hydrogen) atoms. The number of benzene rings is 1. The van der Waals surface area contributed by atoms with Crippen molar-refractivity contribution in [2.24, 2.45) is 0 Å². The molecule has 0 aromatic heterocycles. The van der Waals surface area contributed by atoms with E-state index in [0.717, 1.165) is 17.9 Å². The van der Waals surface area contributed by atoms with E-state index in [0.29, 0.717) is 17.4 Å². The van der Waals surface area contributed by atoms with Gasteiger partial charge in [0.15, 0.2) is 0 Å². The van der Waals surface area contributed by atoms with Crippen molar-refractivity contribution in [3.63, 3.8) is 0 Å². The molecule has 5 nitrogen and oxygen atoms in total. The molecule has 3 N–H and O–H groups in total. The van der Waals surface area contributed by atoms with Crippen molar-refractivity contribution >= 4 is 33.2 Å². The van der Waals surface area contributed by atoms with Gasteiger partial charge in [-0.1, -0.05) is 0 Å². The molecule has 7 heteroatoms. The number of hydrogen-bond donors (Lipinski definition) is 2. The fourth-order valence-corrected chi connectivity index (χ4v) is 4.44. The molecule has 0 aliphatic carbocycles. The van der Waals surface area contributed by atoms with Gasteiger partial charge in [0.25, 0.3) is 0 Å². The SMILES string of the molecule is CNS(=O)(=O)c1cc(N)ccc1N(C)C1CCSC1. The molecular formula is C12H19N3O2S2. The summed E-state index contributed by atoms with van der Waals surface area (Å²) in [7, 11) is -0.153. The third kappa shape index (κ3) is 2.98. The van der Waals surface area contributed by atoms with Gasteiger partial charge in [-0.25, -0.2) is 13.1 Å². The Labute approximate surface area is 118 Å². The van der Waals surface area contributed by atoms with E-state index in [9.17, 15) is 8.42 Å². The Morgan fingerprint density at radius 3 is 2.79 bits per heavy atom. The predicted molar refractivity (Wildman–Crippen MR) is 81.2 cm³/mol. The minimum absolute atomic E-state index is 0.245. The van der Waals surface area contributed by atoms with Crippen molar-refractivity contribution in [2.45, 2.75) is 17.4 Å². The first-order valence-electron chi connectivity index (χ1n) is 6.09. The number of anilines is 2. The second-order valence-electron chi connectivity index (χ2n) is 4.56. The van der Waals surface area contributed by atoms with E-state index in [1.54, 1.807) is 12.1 Å². The highest BCUT2D eigenvalue weighted by molar-refractivity contribution is 7.99. The summed E-state index contributed by atoms with van der Waals surface area (Å²) in [6, 6.07) is 5.41. The largest absolute Gasteiger partial charge is 0.399 e. The van der Waals surface area contributed by atoms with Crippen LogP contribution in [0.5, 0.6) is 0 Å². The van der Waals surface area contributed by atoms with Gasteiger partial charge < -0.3 is 10.6 Å². The maximum Gasteiger partial charge on any atom is 0.242 e. The topological polar surface area (TPSA) is 75.4 Å². The molecular weight excluding hydrogens is 282 g/mol. The molecule has 1 saturated heterocycles. The van der Waals surface area contributed by atoms with Crippen LogP contribution in [0.25, 0.3) is 0 Å². The second-order valence-corrected chi connectivity index (χ2v) is 7.57. The fourth-order valence-electron chi connectivity index (χ4n) is 2.17. The molecule has 1 aromatic rings. The highest BCUT2D eigenvalue weighted by Crippen LogP contribution is 2.31. The fraction of sp³-hybridized carbons (Fsp3) is 0.500. The van der Waals surface area contributed by atoms with E-state index in [4.69, 9.17) is 5.73 Å². The average Bonchev–Trinajstić information content (AvgIpc) is 2.91. The predicted octanol–water partition coefficient (Wildman–Crippen LogP) is 1.12. The zero-order chi connectivity index (χ0) is 14.0. The molecule has 1 atom stereocenters. The Kier molecular flexibility index (Phi) is 4.27. The van der Waals surface area contributed by atoms with Gasteiger partial charge in [-0.3, -0.25) is 0 Å². The van der Waals surface area contributed by atoms with Gasteiger partial charge in [-0.15, -0.1) is 0 Å². The average molecular weight is 301 g/mol. The Morgan fingerprint density at radius 1 is 1.47 bits per heavy atom. The Hall–Kier alpha value is -0.920. The lowest BCUT2D eigenvalue weighted by Crippen LogP contribution is -2.33. The van der Waals surface area contributed by atoms with Crippen molar-refractivity contribution in [3.05, 3.63) is 18.2 Å². The minimum Gasteiger partial charge on any atom is -0.399 e. The van der Waals surface area contributed by atoms with Gasteiger partial charge in [0.05, 0.1) is 5.69 Å². The van der Waals surface area contributed by atoms with E-state index < -0.39 is 10.0 Å². The lowest BCUT2D eigenvalue weighted by molar-refractivity contribution is 0.587. The van der Waals surface area contributed by atoms with Crippen LogP contribution >= 0.6 is 11.8 Å². The van der Waals surface area contributed by atoms with Gasteiger partial charge in [-0.05, 0) is 37.4 Å². The first kappa shape index (κ1) is 14.5. The lowest BCUT2D eigenvalue weighted by Gasteiger charge is -2.28. The molecule has 1 fully saturated rings. The van der Waals surface area contributed by atoms with Gasteiger partial charge >= 0.3 is 0 Å². The van der Waals surface area contributed by atoms with E-state index in [-0.39, 0.29) is 4.90 Å². The zero-order valence-corrected chi connectivity index (χ0v) is 12.7. The molecule has 0 radical (unpaired) electrons. The van der Waals surface area contributed by atoms with Crippen molar-refractivity contribution in [2.75, 3.05) is 36.2 Å². The molecule has 0 saturated carbocycles. The molecule has 106 valence electrons. The zero-order valence-electron chi connectivity index (χ0n) is 11.1. The summed E-state index contributed by atoms with van der Waals surface area (Å²) in [5, 5.41) is 0. The van der Waals surface area contributed by atoms with Crippen LogP contribution in [0.4, 0.5) is 11.4 Å².